The number of hydrogen-bond donors (Lipinski definition) is 2. The van der Waals surface area contributed by atoms with Gasteiger partial charge < -0.3 is 14.8 Å². The zero-order valence-electron chi connectivity index (χ0n) is 14.4. The van der Waals surface area contributed by atoms with Crippen molar-refractivity contribution in [2.24, 2.45) is 0 Å². The van der Waals surface area contributed by atoms with Crippen molar-refractivity contribution in [1.29, 1.82) is 0 Å². The SMILES string of the molecule is COC(=O)c1c[nH]c([C@@H](CCc2cccc3ccccc23)[C@H](C)O)n1. The topological polar surface area (TPSA) is 75.2 Å². The number of aromatic amines is 1. The minimum atomic E-state index is -0.577. The molecule has 0 aliphatic carbocycles. The number of fused-ring (bicyclic) bond motifs is 1. The molecule has 0 fully saturated rings. The fourth-order valence-corrected chi connectivity index (χ4v) is 3.16. The van der Waals surface area contributed by atoms with Crippen molar-refractivity contribution in [2.75, 3.05) is 7.11 Å². The normalized spacial score (nSPS) is 13.6. The summed E-state index contributed by atoms with van der Waals surface area (Å²) in [6, 6.07) is 14.5. The van der Waals surface area contributed by atoms with Crippen molar-refractivity contribution in [3.05, 3.63) is 65.7 Å². The molecule has 0 saturated heterocycles. The van der Waals surface area contributed by atoms with Gasteiger partial charge in [-0.3, -0.25) is 0 Å². The second-order valence-electron chi connectivity index (χ2n) is 6.19. The Bertz CT molecular complexity index is 865. The zero-order chi connectivity index (χ0) is 17.8. The molecule has 0 bridgehead atoms. The van der Waals surface area contributed by atoms with Crippen LogP contribution in [0.15, 0.2) is 48.7 Å². The molecule has 0 radical (unpaired) electrons. The molecule has 2 N–H and O–H groups in total. The number of nitrogens with zero attached hydrogens (tertiary/aromatic N) is 1. The molecule has 0 unspecified atom stereocenters. The first kappa shape index (κ1) is 17.2. The van der Waals surface area contributed by atoms with Gasteiger partial charge in [-0.15, -0.1) is 0 Å². The van der Waals surface area contributed by atoms with Crippen LogP contribution < -0.4 is 0 Å². The quantitative estimate of drug-likeness (QED) is 0.675. The predicted molar refractivity (Wildman–Crippen MR) is 96.6 cm³/mol. The lowest BCUT2D eigenvalue weighted by atomic mass is 9.92. The smallest absolute Gasteiger partial charge is 0.358 e. The number of methoxy groups -OCH3 is 1. The van der Waals surface area contributed by atoms with Crippen LogP contribution in [-0.2, 0) is 11.2 Å². The highest BCUT2D eigenvalue weighted by Crippen LogP contribution is 2.26. The lowest BCUT2D eigenvalue weighted by Gasteiger charge is -2.18. The standard InChI is InChI=1S/C20H22N2O3/c1-13(23)16(19-21-12-18(22-19)20(24)25-2)11-10-15-8-5-7-14-6-3-4-9-17(14)15/h3-9,12-13,16,23H,10-11H2,1-2H3,(H,21,22)/t13-,16-/m0/s1. The Morgan fingerprint density at radius 1 is 1.24 bits per heavy atom. The number of ether oxygens (including phenoxy) is 1. The van der Waals surface area contributed by atoms with E-state index in [1.54, 1.807) is 6.92 Å². The summed E-state index contributed by atoms with van der Waals surface area (Å²) in [6.07, 6.45) is 2.48. The van der Waals surface area contributed by atoms with Gasteiger partial charge in [0.25, 0.3) is 0 Å². The number of carbonyl (C=O) groups is 1. The van der Waals surface area contributed by atoms with Gasteiger partial charge in [-0.25, -0.2) is 9.78 Å². The number of imidazole rings is 1. The maximum Gasteiger partial charge on any atom is 0.358 e. The van der Waals surface area contributed by atoms with Gasteiger partial charge in [0.05, 0.1) is 13.2 Å². The second kappa shape index (κ2) is 7.49. The van der Waals surface area contributed by atoms with Crippen LogP contribution in [0.1, 0.15) is 41.1 Å². The van der Waals surface area contributed by atoms with Gasteiger partial charge in [-0.2, -0.15) is 0 Å². The Hall–Kier alpha value is -2.66. The Balaban J connectivity index is 1.80. The van der Waals surface area contributed by atoms with E-state index in [9.17, 15) is 9.90 Å². The van der Waals surface area contributed by atoms with Crippen LogP contribution >= 0.6 is 0 Å². The summed E-state index contributed by atoms with van der Waals surface area (Å²) in [6.45, 7) is 1.74. The highest BCUT2D eigenvalue weighted by molar-refractivity contribution is 5.87. The van der Waals surface area contributed by atoms with Crippen LogP contribution in [-0.4, -0.2) is 34.3 Å². The molecule has 2 aromatic carbocycles. The molecule has 5 heteroatoms. The Morgan fingerprint density at radius 3 is 2.76 bits per heavy atom. The van der Waals surface area contributed by atoms with E-state index in [0.29, 0.717) is 5.82 Å². The number of aromatic nitrogens is 2. The minimum absolute atomic E-state index is 0.183. The molecule has 3 rings (SSSR count). The summed E-state index contributed by atoms with van der Waals surface area (Å²) < 4.78 is 4.68. The van der Waals surface area contributed by atoms with Crippen LogP contribution in [0, 0.1) is 0 Å². The average Bonchev–Trinajstić information content (AvgIpc) is 3.11. The number of H-pyrrole nitrogens is 1. The summed E-state index contributed by atoms with van der Waals surface area (Å²) >= 11 is 0. The summed E-state index contributed by atoms with van der Waals surface area (Å²) in [5.74, 6) is -0.0612. The number of aliphatic hydroxyl groups is 1. The van der Waals surface area contributed by atoms with Gasteiger partial charge in [0.15, 0.2) is 5.69 Å². The highest BCUT2D eigenvalue weighted by Gasteiger charge is 2.22. The number of hydrogen-bond acceptors (Lipinski definition) is 4. The number of aryl methyl sites for hydroxylation is 1. The molecule has 3 aromatic rings. The highest BCUT2D eigenvalue weighted by atomic mass is 16.5. The molecule has 5 nitrogen and oxygen atoms in total. The van der Waals surface area contributed by atoms with Crippen LogP contribution in [0.2, 0.25) is 0 Å². The van der Waals surface area contributed by atoms with E-state index >= 15 is 0 Å². The van der Waals surface area contributed by atoms with E-state index in [1.807, 2.05) is 12.1 Å². The molecule has 130 valence electrons. The maximum atomic E-state index is 11.6. The molecule has 0 aliphatic heterocycles. The van der Waals surface area contributed by atoms with E-state index < -0.39 is 12.1 Å². The zero-order valence-corrected chi connectivity index (χ0v) is 14.4. The first-order chi connectivity index (χ1) is 12.1. The summed E-state index contributed by atoms with van der Waals surface area (Å²) in [7, 11) is 1.32. The predicted octanol–water partition coefficient (Wildman–Crippen LogP) is 3.45. The van der Waals surface area contributed by atoms with Gasteiger partial charge in [0.1, 0.15) is 5.82 Å². The van der Waals surface area contributed by atoms with Crippen LogP contribution in [0.25, 0.3) is 10.8 Å². The third-order valence-corrected chi connectivity index (χ3v) is 4.53. The molecule has 0 amide bonds. The molecule has 2 atom stereocenters. The number of carbonyl (C=O) groups excluding carboxylic acids is 1. The number of aliphatic hydroxyl groups excluding tert-OH is 1. The first-order valence-corrected chi connectivity index (χ1v) is 8.38. The van der Waals surface area contributed by atoms with E-state index in [4.69, 9.17) is 0 Å². The lowest BCUT2D eigenvalue weighted by molar-refractivity contribution is 0.0594. The van der Waals surface area contributed by atoms with E-state index in [1.165, 1.54) is 29.6 Å². The summed E-state index contributed by atoms with van der Waals surface area (Å²) in [5.41, 5.74) is 1.47. The Morgan fingerprint density at radius 2 is 2.00 bits per heavy atom. The van der Waals surface area contributed by atoms with Gasteiger partial charge in [0.2, 0.25) is 0 Å². The van der Waals surface area contributed by atoms with Crippen LogP contribution in [0.4, 0.5) is 0 Å². The Kier molecular flexibility index (Phi) is 5.14. The molecule has 1 aromatic heterocycles. The molecule has 25 heavy (non-hydrogen) atoms. The van der Waals surface area contributed by atoms with Gasteiger partial charge >= 0.3 is 5.97 Å². The fourth-order valence-electron chi connectivity index (χ4n) is 3.16. The average molecular weight is 338 g/mol. The monoisotopic (exact) mass is 338 g/mol. The van der Waals surface area contributed by atoms with Crippen LogP contribution in [0.5, 0.6) is 0 Å². The van der Waals surface area contributed by atoms with Crippen molar-refractivity contribution in [1.82, 2.24) is 9.97 Å². The second-order valence-corrected chi connectivity index (χ2v) is 6.19. The molecular weight excluding hydrogens is 316 g/mol. The maximum absolute atomic E-state index is 11.6. The molecule has 1 heterocycles. The molecule has 0 spiro atoms. The van der Waals surface area contributed by atoms with E-state index in [-0.39, 0.29) is 11.6 Å². The third kappa shape index (κ3) is 3.72. The van der Waals surface area contributed by atoms with Gasteiger partial charge in [-0.05, 0) is 36.1 Å². The first-order valence-electron chi connectivity index (χ1n) is 8.38. The molecule has 0 saturated carbocycles. The molecule has 0 aliphatic rings. The van der Waals surface area contributed by atoms with Crippen molar-refractivity contribution in [2.45, 2.75) is 31.8 Å². The van der Waals surface area contributed by atoms with Crippen molar-refractivity contribution in [3.63, 3.8) is 0 Å². The van der Waals surface area contributed by atoms with Crippen molar-refractivity contribution < 1.29 is 14.6 Å². The number of benzene rings is 2. The minimum Gasteiger partial charge on any atom is -0.464 e. The lowest BCUT2D eigenvalue weighted by Crippen LogP contribution is -2.17. The summed E-state index contributed by atoms with van der Waals surface area (Å²) in [5, 5.41) is 12.6. The van der Waals surface area contributed by atoms with Crippen LogP contribution in [0.3, 0.4) is 0 Å². The van der Waals surface area contributed by atoms with Gasteiger partial charge in [-0.1, -0.05) is 42.5 Å². The third-order valence-electron chi connectivity index (χ3n) is 4.53. The van der Waals surface area contributed by atoms with Gasteiger partial charge in [0, 0.05) is 12.1 Å². The van der Waals surface area contributed by atoms with Crippen molar-refractivity contribution >= 4 is 16.7 Å². The Labute approximate surface area is 146 Å². The van der Waals surface area contributed by atoms with E-state index in [2.05, 4.69) is 45.0 Å². The van der Waals surface area contributed by atoms with Crippen molar-refractivity contribution in [3.8, 4) is 0 Å². The number of esters is 1. The van der Waals surface area contributed by atoms with E-state index in [0.717, 1.165) is 12.8 Å². The summed E-state index contributed by atoms with van der Waals surface area (Å²) in [4.78, 5) is 18.9. The number of rotatable bonds is 6. The largest absolute Gasteiger partial charge is 0.464 e. The fraction of sp³-hybridized carbons (Fsp3) is 0.300. The molecular formula is C20H22N2O3. The number of nitrogens with one attached hydrogen (secondary N) is 1.